The van der Waals surface area contributed by atoms with E-state index in [1.54, 1.807) is 0 Å². The van der Waals surface area contributed by atoms with Gasteiger partial charge in [0, 0.05) is 6.54 Å². The van der Waals surface area contributed by atoms with Crippen molar-refractivity contribution in [3.63, 3.8) is 0 Å². The van der Waals surface area contributed by atoms with Gasteiger partial charge in [0.25, 0.3) is 0 Å². The molecule has 0 aromatic carbocycles. The first-order valence-electron chi connectivity index (χ1n) is 6.86. The molecule has 5 nitrogen and oxygen atoms in total. The second-order valence-electron chi connectivity index (χ2n) is 4.82. The Labute approximate surface area is 127 Å². The summed E-state index contributed by atoms with van der Waals surface area (Å²) in [7, 11) is 0. The molecule has 1 aromatic rings. The third-order valence-corrected chi connectivity index (χ3v) is 5.14. The highest BCUT2D eigenvalue weighted by Gasteiger charge is 2.16. The van der Waals surface area contributed by atoms with Crippen LogP contribution < -0.4 is 11.1 Å². The van der Waals surface area contributed by atoms with Gasteiger partial charge in [0.2, 0.25) is 11.0 Å². The smallest absolute Gasteiger partial charge is 0.233 e. The molecule has 3 N–H and O–H groups in total. The van der Waals surface area contributed by atoms with Crippen molar-refractivity contribution < 1.29 is 4.79 Å². The zero-order valence-electron chi connectivity index (χ0n) is 11.6. The maximum absolute atomic E-state index is 12.0. The number of amides is 1. The molecular formula is C13H20N4OS2. The normalized spacial score (nSPS) is 16.6. The zero-order valence-corrected chi connectivity index (χ0v) is 13.2. The molecule has 0 bridgehead atoms. The van der Waals surface area contributed by atoms with Gasteiger partial charge in [-0.05, 0) is 39.0 Å². The Balaban J connectivity index is 1.69. The highest BCUT2D eigenvalue weighted by Crippen LogP contribution is 2.27. The predicted octanol–water partition coefficient (Wildman–Crippen LogP) is 2.61. The van der Waals surface area contributed by atoms with Gasteiger partial charge >= 0.3 is 0 Å². The summed E-state index contributed by atoms with van der Waals surface area (Å²) in [4.78, 5) is 12.0. The van der Waals surface area contributed by atoms with Crippen molar-refractivity contribution in [2.24, 2.45) is 0 Å². The molecule has 1 atom stereocenters. The summed E-state index contributed by atoms with van der Waals surface area (Å²) in [5.74, 6) is 0.0418. The monoisotopic (exact) mass is 312 g/mol. The molecule has 20 heavy (non-hydrogen) atoms. The Hall–Kier alpha value is -1.08. The Kier molecular flexibility index (Phi) is 5.85. The summed E-state index contributed by atoms with van der Waals surface area (Å²) in [6.07, 6.45) is 8.24. The number of nitrogen functional groups attached to an aromatic ring is 1. The van der Waals surface area contributed by atoms with Gasteiger partial charge in [-0.15, -0.1) is 10.2 Å². The van der Waals surface area contributed by atoms with Gasteiger partial charge in [-0.2, -0.15) is 0 Å². The minimum Gasteiger partial charge on any atom is -0.374 e. The summed E-state index contributed by atoms with van der Waals surface area (Å²) in [6.45, 7) is 2.59. The lowest BCUT2D eigenvalue weighted by molar-refractivity contribution is -0.120. The van der Waals surface area contributed by atoms with Gasteiger partial charge in [0.05, 0.1) is 5.25 Å². The number of nitrogens with two attached hydrogens (primary N) is 1. The molecule has 0 fully saturated rings. The van der Waals surface area contributed by atoms with Crippen molar-refractivity contribution in [3.8, 4) is 0 Å². The minimum atomic E-state index is -0.178. The molecule has 1 heterocycles. The molecule has 0 saturated carbocycles. The second kappa shape index (κ2) is 7.64. The fourth-order valence-electron chi connectivity index (χ4n) is 2.09. The molecule has 1 aromatic heterocycles. The summed E-state index contributed by atoms with van der Waals surface area (Å²) in [5, 5.41) is 10.9. The number of carbonyl (C=O) groups excluding carboxylic acids is 1. The Morgan fingerprint density at radius 1 is 1.55 bits per heavy atom. The highest BCUT2D eigenvalue weighted by molar-refractivity contribution is 8.02. The Bertz CT molecular complexity index is 486. The van der Waals surface area contributed by atoms with Crippen LogP contribution in [0.4, 0.5) is 5.13 Å². The van der Waals surface area contributed by atoms with Crippen molar-refractivity contribution in [2.75, 3.05) is 12.3 Å². The molecule has 0 spiro atoms. The SMILES string of the molecule is CC(Sc1nnc(N)s1)C(=O)NCCC1=CCCCC1. The maximum Gasteiger partial charge on any atom is 0.233 e. The lowest BCUT2D eigenvalue weighted by Gasteiger charge is -2.14. The van der Waals surface area contributed by atoms with E-state index >= 15 is 0 Å². The van der Waals surface area contributed by atoms with E-state index < -0.39 is 0 Å². The van der Waals surface area contributed by atoms with Gasteiger partial charge in [0.15, 0.2) is 4.34 Å². The van der Waals surface area contributed by atoms with Crippen LogP contribution in [-0.2, 0) is 4.79 Å². The lowest BCUT2D eigenvalue weighted by atomic mass is 9.97. The summed E-state index contributed by atoms with van der Waals surface area (Å²) >= 11 is 2.71. The average molecular weight is 312 g/mol. The number of anilines is 1. The number of nitrogens with one attached hydrogen (secondary N) is 1. The first-order valence-corrected chi connectivity index (χ1v) is 8.56. The van der Waals surface area contributed by atoms with Crippen LogP contribution in [0.5, 0.6) is 0 Å². The van der Waals surface area contributed by atoms with Crippen LogP contribution in [0.15, 0.2) is 16.0 Å². The number of allylic oxidation sites excluding steroid dienone is 1. The van der Waals surface area contributed by atoms with Gasteiger partial charge in [0.1, 0.15) is 0 Å². The third-order valence-electron chi connectivity index (χ3n) is 3.20. The van der Waals surface area contributed by atoms with E-state index in [1.165, 1.54) is 54.4 Å². The van der Waals surface area contributed by atoms with E-state index in [9.17, 15) is 4.79 Å². The standard InChI is InChI=1S/C13H20N4OS2/c1-9(19-13-17-16-12(14)20-13)11(18)15-8-7-10-5-3-2-4-6-10/h5,9H,2-4,6-8H2,1H3,(H2,14,16)(H,15,18). The van der Waals surface area contributed by atoms with E-state index in [-0.39, 0.29) is 11.2 Å². The summed E-state index contributed by atoms with van der Waals surface area (Å²) < 4.78 is 0.736. The number of hydrogen-bond donors (Lipinski definition) is 2. The second-order valence-corrected chi connectivity index (χ2v) is 7.41. The number of rotatable bonds is 6. The zero-order chi connectivity index (χ0) is 14.4. The van der Waals surface area contributed by atoms with Crippen LogP contribution in [0.2, 0.25) is 0 Å². The summed E-state index contributed by atoms with van der Waals surface area (Å²) in [5.41, 5.74) is 7.00. The average Bonchev–Trinajstić information content (AvgIpc) is 2.85. The number of carbonyl (C=O) groups is 1. The van der Waals surface area contributed by atoms with E-state index in [4.69, 9.17) is 5.73 Å². The fraction of sp³-hybridized carbons (Fsp3) is 0.615. The number of thioether (sulfide) groups is 1. The predicted molar refractivity (Wildman–Crippen MR) is 83.8 cm³/mol. The molecule has 1 amide bonds. The van der Waals surface area contributed by atoms with Crippen LogP contribution >= 0.6 is 23.1 Å². The molecule has 1 aliphatic rings. The molecule has 1 unspecified atom stereocenters. The molecule has 0 radical (unpaired) electrons. The first kappa shape index (κ1) is 15.3. The maximum atomic E-state index is 12.0. The van der Waals surface area contributed by atoms with Gasteiger partial charge in [-0.25, -0.2) is 0 Å². The molecular weight excluding hydrogens is 292 g/mol. The minimum absolute atomic E-state index is 0.0418. The van der Waals surface area contributed by atoms with Crippen LogP contribution in [0, 0.1) is 0 Å². The topological polar surface area (TPSA) is 80.9 Å². The van der Waals surface area contributed by atoms with Crippen LogP contribution in [-0.4, -0.2) is 27.9 Å². The van der Waals surface area contributed by atoms with E-state index in [0.717, 1.165) is 10.8 Å². The largest absolute Gasteiger partial charge is 0.374 e. The van der Waals surface area contributed by atoms with E-state index in [0.29, 0.717) is 11.7 Å². The molecule has 7 heteroatoms. The quantitative estimate of drug-likeness (QED) is 0.623. The summed E-state index contributed by atoms with van der Waals surface area (Å²) in [6, 6.07) is 0. The van der Waals surface area contributed by atoms with E-state index in [2.05, 4.69) is 21.6 Å². The van der Waals surface area contributed by atoms with Crippen LogP contribution in [0.25, 0.3) is 0 Å². The van der Waals surface area contributed by atoms with Gasteiger partial charge < -0.3 is 11.1 Å². The van der Waals surface area contributed by atoms with Crippen LogP contribution in [0.3, 0.4) is 0 Å². The van der Waals surface area contributed by atoms with Crippen molar-refractivity contribution in [1.29, 1.82) is 0 Å². The van der Waals surface area contributed by atoms with Crippen molar-refractivity contribution >= 4 is 34.1 Å². The van der Waals surface area contributed by atoms with Gasteiger partial charge in [-0.3, -0.25) is 4.79 Å². The number of aromatic nitrogens is 2. The Morgan fingerprint density at radius 3 is 3.05 bits per heavy atom. The molecule has 110 valence electrons. The molecule has 0 aliphatic heterocycles. The molecule has 1 aliphatic carbocycles. The van der Waals surface area contributed by atoms with Crippen molar-refractivity contribution in [2.45, 2.75) is 48.6 Å². The lowest BCUT2D eigenvalue weighted by Crippen LogP contribution is -2.31. The molecule has 2 rings (SSSR count). The first-order chi connectivity index (χ1) is 9.65. The van der Waals surface area contributed by atoms with Crippen molar-refractivity contribution in [3.05, 3.63) is 11.6 Å². The number of nitrogens with zero attached hydrogens (tertiary/aromatic N) is 2. The van der Waals surface area contributed by atoms with E-state index in [1.807, 2.05) is 6.92 Å². The number of hydrogen-bond acceptors (Lipinski definition) is 6. The third kappa shape index (κ3) is 4.79. The highest BCUT2D eigenvalue weighted by atomic mass is 32.2. The van der Waals surface area contributed by atoms with Gasteiger partial charge in [-0.1, -0.05) is 34.7 Å². The van der Waals surface area contributed by atoms with Crippen LogP contribution in [0.1, 0.15) is 39.0 Å². The fourth-order valence-corrected chi connectivity index (χ4v) is 3.90. The molecule has 0 saturated heterocycles. The Morgan fingerprint density at radius 2 is 2.40 bits per heavy atom. The van der Waals surface area contributed by atoms with Crippen molar-refractivity contribution in [1.82, 2.24) is 15.5 Å².